The molecule has 1 aromatic heterocycles. The summed E-state index contributed by atoms with van der Waals surface area (Å²) in [5.41, 5.74) is 2.20. The van der Waals surface area contributed by atoms with E-state index >= 15 is 0 Å². The molecule has 0 aliphatic carbocycles. The number of thiazole rings is 1. The van der Waals surface area contributed by atoms with E-state index in [0.29, 0.717) is 40.6 Å². The first kappa shape index (κ1) is 20.2. The predicted molar refractivity (Wildman–Crippen MR) is 114 cm³/mol. The first-order valence-corrected chi connectivity index (χ1v) is 10.3. The molecule has 28 heavy (non-hydrogen) atoms. The van der Waals surface area contributed by atoms with Crippen LogP contribution in [0.5, 0.6) is 0 Å². The molecule has 1 N–H and O–H groups in total. The molecule has 0 fully saturated rings. The Morgan fingerprint density at radius 3 is 2.39 bits per heavy atom. The van der Waals surface area contributed by atoms with Crippen molar-refractivity contribution in [2.45, 2.75) is 26.2 Å². The summed E-state index contributed by atoms with van der Waals surface area (Å²) in [4.78, 5) is 30.0. The van der Waals surface area contributed by atoms with Crippen LogP contribution in [0.4, 0.5) is 0 Å². The minimum Gasteiger partial charge on any atom is -0.352 e. The van der Waals surface area contributed by atoms with Crippen LogP contribution in [0.1, 0.15) is 56.7 Å². The maximum atomic E-state index is 12.8. The molecule has 3 aromatic rings. The second-order valence-corrected chi connectivity index (χ2v) is 8.05. The van der Waals surface area contributed by atoms with E-state index in [4.69, 9.17) is 11.6 Å². The third kappa shape index (κ3) is 4.86. The zero-order chi connectivity index (χ0) is 20.1. The summed E-state index contributed by atoms with van der Waals surface area (Å²) >= 11 is 7.53. The first-order valence-electron chi connectivity index (χ1n) is 9.07. The van der Waals surface area contributed by atoms with Crippen LogP contribution >= 0.6 is 22.9 Å². The van der Waals surface area contributed by atoms with Gasteiger partial charge in [0.25, 0.3) is 5.91 Å². The van der Waals surface area contributed by atoms with Gasteiger partial charge in [-0.1, -0.05) is 43.6 Å². The fraction of sp³-hybridized carbons (Fsp3) is 0.227. The number of nitrogens with zero attached hydrogens (tertiary/aromatic N) is 1. The molecule has 1 amide bonds. The highest BCUT2D eigenvalue weighted by atomic mass is 35.5. The van der Waals surface area contributed by atoms with Crippen molar-refractivity contribution in [2.24, 2.45) is 0 Å². The number of amides is 1. The van der Waals surface area contributed by atoms with E-state index in [-0.39, 0.29) is 11.7 Å². The lowest BCUT2D eigenvalue weighted by Gasteiger charge is -2.09. The Labute approximate surface area is 173 Å². The topological polar surface area (TPSA) is 59.1 Å². The van der Waals surface area contributed by atoms with E-state index < -0.39 is 0 Å². The number of carbonyl (C=O) groups excluding carboxylic acids is 2. The van der Waals surface area contributed by atoms with Crippen molar-refractivity contribution in [3.63, 3.8) is 0 Å². The summed E-state index contributed by atoms with van der Waals surface area (Å²) in [6.45, 7) is 4.68. The summed E-state index contributed by atoms with van der Waals surface area (Å²) in [6.07, 6.45) is 0.655. The second kappa shape index (κ2) is 9.13. The summed E-state index contributed by atoms with van der Waals surface area (Å²) in [5.74, 6) is -0.0696. The molecule has 4 nitrogen and oxygen atoms in total. The molecule has 0 bridgehead atoms. The van der Waals surface area contributed by atoms with Gasteiger partial charge in [0.15, 0.2) is 5.78 Å². The number of halogens is 1. The number of hydrogen-bond donors (Lipinski definition) is 1. The van der Waals surface area contributed by atoms with E-state index in [9.17, 15) is 9.59 Å². The predicted octanol–water partition coefficient (Wildman–Crippen LogP) is 5.12. The molecule has 0 radical (unpaired) electrons. The molecule has 144 valence electrons. The lowest BCUT2D eigenvalue weighted by atomic mass is 9.98. The Kier molecular flexibility index (Phi) is 6.60. The molecule has 0 atom stereocenters. The lowest BCUT2D eigenvalue weighted by molar-refractivity contribution is 0.0942. The van der Waals surface area contributed by atoms with Crippen molar-refractivity contribution in [1.82, 2.24) is 10.3 Å². The SMILES string of the molecule is CC(C)c1nc(CCNC(=O)c2ccccc2C(=O)c2ccc(Cl)cc2)cs1. The Morgan fingerprint density at radius 2 is 1.75 bits per heavy atom. The fourth-order valence-corrected chi connectivity index (χ4v) is 3.73. The average Bonchev–Trinajstić information content (AvgIpc) is 3.17. The Balaban J connectivity index is 1.68. The van der Waals surface area contributed by atoms with Crippen LogP contribution in [-0.2, 0) is 6.42 Å². The standard InChI is InChI=1S/C22H21ClN2O2S/c1-14(2)22-25-17(13-28-22)11-12-24-21(27)19-6-4-3-5-18(19)20(26)15-7-9-16(23)10-8-15/h3-10,13-14H,11-12H2,1-2H3,(H,24,27). The highest BCUT2D eigenvalue weighted by molar-refractivity contribution is 7.09. The summed E-state index contributed by atoms with van der Waals surface area (Å²) in [6, 6.07) is 13.5. The van der Waals surface area contributed by atoms with E-state index in [1.54, 1.807) is 59.9 Å². The third-order valence-corrected chi connectivity index (χ3v) is 5.70. The number of rotatable bonds is 7. The van der Waals surface area contributed by atoms with Gasteiger partial charge in [0.1, 0.15) is 0 Å². The summed E-state index contributed by atoms with van der Waals surface area (Å²) in [5, 5.41) is 6.58. The Hall–Kier alpha value is -2.50. The zero-order valence-corrected chi connectivity index (χ0v) is 17.3. The van der Waals surface area contributed by atoms with Crippen molar-refractivity contribution in [1.29, 1.82) is 0 Å². The highest BCUT2D eigenvalue weighted by Gasteiger charge is 2.18. The van der Waals surface area contributed by atoms with Gasteiger partial charge in [-0.25, -0.2) is 4.98 Å². The van der Waals surface area contributed by atoms with Crippen LogP contribution < -0.4 is 5.32 Å². The van der Waals surface area contributed by atoms with E-state index in [2.05, 4.69) is 24.1 Å². The molecule has 0 spiro atoms. The lowest BCUT2D eigenvalue weighted by Crippen LogP contribution is -2.27. The van der Waals surface area contributed by atoms with Crippen molar-refractivity contribution >= 4 is 34.6 Å². The normalized spacial score (nSPS) is 10.9. The minimum absolute atomic E-state index is 0.205. The molecular formula is C22H21ClN2O2S. The largest absolute Gasteiger partial charge is 0.352 e. The van der Waals surface area contributed by atoms with Crippen LogP contribution in [0.3, 0.4) is 0 Å². The second-order valence-electron chi connectivity index (χ2n) is 6.72. The van der Waals surface area contributed by atoms with E-state index in [0.717, 1.165) is 10.7 Å². The zero-order valence-electron chi connectivity index (χ0n) is 15.7. The van der Waals surface area contributed by atoms with Gasteiger partial charge in [-0.15, -0.1) is 11.3 Å². The molecule has 0 unspecified atom stereocenters. The van der Waals surface area contributed by atoms with Crippen LogP contribution in [-0.4, -0.2) is 23.2 Å². The van der Waals surface area contributed by atoms with Crippen molar-refractivity contribution < 1.29 is 9.59 Å². The van der Waals surface area contributed by atoms with Gasteiger partial charge in [-0.2, -0.15) is 0 Å². The fourth-order valence-electron chi connectivity index (χ4n) is 2.74. The first-order chi connectivity index (χ1) is 13.5. The molecule has 6 heteroatoms. The van der Waals surface area contributed by atoms with Gasteiger partial charge in [0.2, 0.25) is 0 Å². The number of ketones is 1. The Morgan fingerprint density at radius 1 is 1.07 bits per heavy atom. The molecule has 0 aliphatic heterocycles. The number of aromatic nitrogens is 1. The number of benzene rings is 2. The molecular weight excluding hydrogens is 392 g/mol. The van der Waals surface area contributed by atoms with Gasteiger partial charge >= 0.3 is 0 Å². The highest BCUT2D eigenvalue weighted by Crippen LogP contribution is 2.20. The molecule has 1 heterocycles. The molecule has 3 rings (SSSR count). The number of carbonyl (C=O) groups is 2. The van der Waals surface area contributed by atoms with Crippen LogP contribution in [0.25, 0.3) is 0 Å². The maximum absolute atomic E-state index is 12.8. The molecule has 2 aromatic carbocycles. The average molecular weight is 413 g/mol. The van der Waals surface area contributed by atoms with Crippen molar-refractivity contribution in [3.8, 4) is 0 Å². The number of hydrogen-bond acceptors (Lipinski definition) is 4. The van der Waals surface area contributed by atoms with Gasteiger partial charge in [0.05, 0.1) is 16.3 Å². The quantitative estimate of drug-likeness (QED) is 0.547. The smallest absolute Gasteiger partial charge is 0.252 e. The van der Waals surface area contributed by atoms with Crippen LogP contribution in [0.15, 0.2) is 53.9 Å². The van der Waals surface area contributed by atoms with Crippen LogP contribution in [0, 0.1) is 0 Å². The molecule has 0 saturated carbocycles. The van der Waals surface area contributed by atoms with Gasteiger partial charge in [0, 0.05) is 40.4 Å². The van der Waals surface area contributed by atoms with Crippen molar-refractivity contribution in [3.05, 3.63) is 86.3 Å². The monoisotopic (exact) mass is 412 g/mol. The van der Waals surface area contributed by atoms with Gasteiger partial charge in [-0.3, -0.25) is 9.59 Å². The Bertz CT molecular complexity index is 980. The van der Waals surface area contributed by atoms with E-state index in [1.807, 2.05) is 5.38 Å². The van der Waals surface area contributed by atoms with Crippen LogP contribution in [0.2, 0.25) is 5.02 Å². The number of nitrogens with one attached hydrogen (secondary N) is 1. The summed E-state index contributed by atoms with van der Waals surface area (Å²) < 4.78 is 0. The maximum Gasteiger partial charge on any atom is 0.252 e. The minimum atomic E-state index is -0.266. The third-order valence-electron chi connectivity index (χ3n) is 4.25. The molecule has 0 aliphatic rings. The van der Waals surface area contributed by atoms with E-state index in [1.165, 1.54) is 0 Å². The van der Waals surface area contributed by atoms with Crippen molar-refractivity contribution in [2.75, 3.05) is 6.54 Å². The van der Waals surface area contributed by atoms with Gasteiger partial charge < -0.3 is 5.32 Å². The summed E-state index contributed by atoms with van der Waals surface area (Å²) in [7, 11) is 0. The van der Waals surface area contributed by atoms with Gasteiger partial charge in [-0.05, 0) is 30.3 Å². The molecule has 0 saturated heterocycles.